The number of likely N-dealkylation sites (N-methyl/N-ethyl adjacent to an activating group) is 1. The van der Waals surface area contributed by atoms with Crippen LogP contribution in [0.3, 0.4) is 0 Å². The van der Waals surface area contributed by atoms with Crippen LogP contribution in [0.5, 0.6) is 0 Å². The molecule has 116 valence electrons. The summed E-state index contributed by atoms with van der Waals surface area (Å²) >= 11 is 0. The maximum absolute atomic E-state index is 12.2. The van der Waals surface area contributed by atoms with E-state index in [0.29, 0.717) is 0 Å². The first-order chi connectivity index (χ1) is 8.01. The summed E-state index contributed by atoms with van der Waals surface area (Å²) in [6.45, 7) is 13.2. The Labute approximate surface area is 129 Å². The van der Waals surface area contributed by atoms with Crippen molar-refractivity contribution < 1.29 is 4.79 Å². The molecular formula is C13H29Cl2N3O. The Bertz CT molecular complexity index is 254. The second-order valence-electron chi connectivity index (χ2n) is 5.35. The molecule has 0 radical (unpaired) electrons. The van der Waals surface area contributed by atoms with Crippen molar-refractivity contribution in [2.24, 2.45) is 5.41 Å². The third-order valence-corrected chi connectivity index (χ3v) is 3.72. The maximum Gasteiger partial charge on any atom is 0.227 e. The van der Waals surface area contributed by atoms with Gasteiger partial charge in [0.25, 0.3) is 0 Å². The predicted molar refractivity (Wildman–Crippen MR) is 85.5 cm³/mol. The monoisotopic (exact) mass is 313 g/mol. The van der Waals surface area contributed by atoms with Crippen LogP contribution < -0.4 is 10.6 Å². The summed E-state index contributed by atoms with van der Waals surface area (Å²) in [5, 5.41) is 6.40. The van der Waals surface area contributed by atoms with Crippen molar-refractivity contribution in [3.8, 4) is 0 Å². The normalized spacial score (nSPS) is 23.4. The van der Waals surface area contributed by atoms with E-state index in [4.69, 9.17) is 0 Å². The Balaban J connectivity index is 0. The van der Waals surface area contributed by atoms with Crippen LogP contribution in [0.1, 0.15) is 34.1 Å². The zero-order chi connectivity index (χ0) is 12.9. The van der Waals surface area contributed by atoms with Crippen LogP contribution in [0.4, 0.5) is 0 Å². The molecule has 2 N–H and O–H groups in total. The third kappa shape index (κ3) is 6.30. The molecule has 0 aromatic rings. The van der Waals surface area contributed by atoms with Crippen molar-refractivity contribution in [2.45, 2.75) is 40.2 Å². The van der Waals surface area contributed by atoms with Gasteiger partial charge in [0.1, 0.15) is 0 Å². The average Bonchev–Trinajstić information content (AvgIpc) is 2.74. The summed E-state index contributed by atoms with van der Waals surface area (Å²) in [6, 6.07) is 0.222. The molecule has 1 aliphatic rings. The highest BCUT2D eigenvalue weighted by atomic mass is 35.5. The quantitative estimate of drug-likeness (QED) is 0.784. The van der Waals surface area contributed by atoms with Gasteiger partial charge in [-0.05, 0) is 39.9 Å². The van der Waals surface area contributed by atoms with Crippen LogP contribution in [0, 0.1) is 5.41 Å². The highest BCUT2D eigenvalue weighted by Gasteiger charge is 2.36. The fourth-order valence-electron chi connectivity index (χ4n) is 2.32. The number of hydrogen-bond donors (Lipinski definition) is 2. The lowest BCUT2D eigenvalue weighted by Crippen LogP contribution is -2.48. The second kappa shape index (κ2) is 9.81. The van der Waals surface area contributed by atoms with E-state index in [9.17, 15) is 4.79 Å². The molecule has 1 amide bonds. The molecular weight excluding hydrogens is 285 g/mol. The number of rotatable bonds is 6. The van der Waals surface area contributed by atoms with Gasteiger partial charge in [-0.15, -0.1) is 24.8 Å². The molecule has 6 heteroatoms. The Morgan fingerprint density at radius 2 is 1.95 bits per heavy atom. The van der Waals surface area contributed by atoms with Crippen LogP contribution in [0.2, 0.25) is 0 Å². The van der Waals surface area contributed by atoms with Crippen LogP contribution in [0.25, 0.3) is 0 Å². The summed E-state index contributed by atoms with van der Waals surface area (Å²) in [7, 11) is 0. The molecule has 2 atom stereocenters. The molecule has 0 saturated carbocycles. The van der Waals surface area contributed by atoms with Gasteiger partial charge in [-0.25, -0.2) is 0 Å². The molecule has 0 aliphatic carbocycles. The van der Waals surface area contributed by atoms with E-state index in [1.54, 1.807) is 0 Å². The third-order valence-electron chi connectivity index (χ3n) is 3.72. The summed E-state index contributed by atoms with van der Waals surface area (Å²) in [5.41, 5.74) is -0.211. The molecule has 0 aromatic heterocycles. The summed E-state index contributed by atoms with van der Waals surface area (Å²) in [6.07, 6.45) is 0.941. The fourth-order valence-corrected chi connectivity index (χ4v) is 2.32. The van der Waals surface area contributed by atoms with E-state index in [1.807, 2.05) is 6.92 Å². The molecule has 1 rings (SSSR count). The molecule has 1 fully saturated rings. The topological polar surface area (TPSA) is 44.4 Å². The van der Waals surface area contributed by atoms with Gasteiger partial charge in [0.15, 0.2) is 0 Å². The van der Waals surface area contributed by atoms with Crippen LogP contribution in [-0.2, 0) is 4.79 Å². The van der Waals surface area contributed by atoms with Gasteiger partial charge in [0.2, 0.25) is 5.91 Å². The number of nitrogens with one attached hydrogen (secondary N) is 2. The molecule has 2 unspecified atom stereocenters. The summed E-state index contributed by atoms with van der Waals surface area (Å²) in [4.78, 5) is 14.5. The standard InChI is InChI=1S/C13H27N3O.2ClH/c1-5-16(6-2)9-11(3)15-12(17)13(4)7-8-14-10-13;;/h11,14H,5-10H2,1-4H3,(H,15,17);2*1H. The van der Waals surface area contributed by atoms with E-state index < -0.39 is 0 Å². The Kier molecular flexibility index (Phi) is 11.0. The largest absolute Gasteiger partial charge is 0.352 e. The first-order valence-corrected chi connectivity index (χ1v) is 6.76. The van der Waals surface area contributed by atoms with E-state index >= 15 is 0 Å². The zero-order valence-electron chi connectivity index (χ0n) is 12.5. The number of carbonyl (C=O) groups excluding carboxylic acids is 1. The lowest BCUT2D eigenvalue weighted by atomic mass is 9.88. The average molecular weight is 314 g/mol. The van der Waals surface area contributed by atoms with E-state index in [2.05, 4.69) is 36.3 Å². The van der Waals surface area contributed by atoms with Crippen molar-refractivity contribution in [2.75, 3.05) is 32.7 Å². The van der Waals surface area contributed by atoms with Crippen LogP contribution >= 0.6 is 24.8 Å². The first-order valence-electron chi connectivity index (χ1n) is 6.76. The minimum Gasteiger partial charge on any atom is -0.352 e. The number of halogens is 2. The van der Waals surface area contributed by atoms with Crippen LogP contribution in [0.15, 0.2) is 0 Å². The Morgan fingerprint density at radius 3 is 2.37 bits per heavy atom. The van der Waals surface area contributed by atoms with Crippen molar-refractivity contribution in [1.82, 2.24) is 15.5 Å². The van der Waals surface area contributed by atoms with Gasteiger partial charge < -0.3 is 15.5 Å². The number of amides is 1. The Hall–Kier alpha value is -0.0300. The van der Waals surface area contributed by atoms with Crippen molar-refractivity contribution in [3.05, 3.63) is 0 Å². The number of hydrogen-bond acceptors (Lipinski definition) is 3. The second-order valence-corrected chi connectivity index (χ2v) is 5.35. The first kappa shape index (κ1) is 21.3. The molecule has 19 heavy (non-hydrogen) atoms. The Morgan fingerprint density at radius 1 is 1.37 bits per heavy atom. The maximum atomic E-state index is 12.2. The lowest BCUT2D eigenvalue weighted by Gasteiger charge is -2.27. The smallest absolute Gasteiger partial charge is 0.227 e. The highest BCUT2D eigenvalue weighted by Crippen LogP contribution is 2.24. The van der Waals surface area contributed by atoms with Gasteiger partial charge in [-0.3, -0.25) is 4.79 Å². The molecule has 0 bridgehead atoms. The molecule has 1 saturated heterocycles. The van der Waals surface area contributed by atoms with Gasteiger partial charge in [0.05, 0.1) is 5.41 Å². The molecule has 1 aliphatic heterocycles. The minimum absolute atomic E-state index is 0. The SMILES string of the molecule is CCN(CC)CC(C)NC(=O)C1(C)CCNC1.Cl.Cl. The fraction of sp³-hybridized carbons (Fsp3) is 0.923. The molecule has 0 aromatic carbocycles. The number of carbonyl (C=O) groups is 1. The highest BCUT2D eigenvalue weighted by molar-refractivity contribution is 5.85. The van der Waals surface area contributed by atoms with Crippen molar-refractivity contribution >= 4 is 30.7 Å². The van der Waals surface area contributed by atoms with E-state index in [0.717, 1.165) is 39.1 Å². The lowest BCUT2D eigenvalue weighted by molar-refractivity contribution is -0.130. The van der Waals surface area contributed by atoms with Gasteiger partial charge in [-0.2, -0.15) is 0 Å². The molecule has 4 nitrogen and oxygen atoms in total. The van der Waals surface area contributed by atoms with Gasteiger partial charge in [0, 0.05) is 19.1 Å². The van der Waals surface area contributed by atoms with Crippen LogP contribution in [-0.4, -0.2) is 49.6 Å². The van der Waals surface area contributed by atoms with Crippen molar-refractivity contribution in [3.63, 3.8) is 0 Å². The van der Waals surface area contributed by atoms with Gasteiger partial charge >= 0.3 is 0 Å². The van der Waals surface area contributed by atoms with E-state index in [1.165, 1.54) is 0 Å². The van der Waals surface area contributed by atoms with E-state index in [-0.39, 0.29) is 42.2 Å². The molecule has 1 heterocycles. The number of nitrogens with zero attached hydrogens (tertiary/aromatic N) is 1. The minimum atomic E-state index is -0.211. The zero-order valence-corrected chi connectivity index (χ0v) is 14.1. The molecule has 0 spiro atoms. The predicted octanol–water partition coefficient (Wildman–Crippen LogP) is 1.68. The van der Waals surface area contributed by atoms with Crippen molar-refractivity contribution in [1.29, 1.82) is 0 Å². The summed E-state index contributed by atoms with van der Waals surface area (Å²) in [5.74, 6) is 0.196. The van der Waals surface area contributed by atoms with Gasteiger partial charge in [-0.1, -0.05) is 13.8 Å². The summed E-state index contributed by atoms with van der Waals surface area (Å²) < 4.78 is 0.